The average molecular weight is 190 g/mol. The lowest BCUT2D eigenvalue weighted by Crippen LogP contribution is -2.15. The number of rotatable bonds is 2. The van der Waals surface area contributed by atoms with Gasteiger partial charge >= 0.3 is 0 Å². The molecule has 0 radical (unpaired) electrons. The van der Waals surface area contributed by atoms with Crippen LogP contribution in [0.1, 0.15) is 52.4 Å². The molecule has 3 unspecified atom stereocenters. The number of fused-ring (bicyclic) bond motifs is 2. The lowest BCUT2D eigenvalue weighted by Gasteiger charge is -2.28. The van der Waals surface area contributed by atoms with Gasteiger partial charge in [-0.1, -0.05) is 24.5 Å². The molecule has 0 N–H and O–H groups in total. The Kier molecular flexibility index (Phi) is 2.00. The smallest absolute Gasteiger partial charge is 0.0198 e. The summed E-state index contributed by atoms with van der Waals surface area (Å²) in [6.07, 6.45) is 8.82. The van der Waals surface area contributed by atoms with E-state index < -0.39 is 0 Å². The second kappa shape index (κ2) is 3.12. The van der Waals surface area contributed by atoms with Gasteiger partial charge in [-0.15, -0.1) is 0 Å². The molecule has 0 saturated heterocycles. The largest absolute Gasteiger partial charge is 0.0738 e. The third-order valence-corrected chi connectivity index (χ3v) is 5.04. The number of hydrogen-bond acceptors (Lipinski definition) is 0. The van der Waals surface area contributed by atoms with Gasteiger partial charge in [0.1, 0.15) is 0 Å². The van der Waals surface area contributed by atoms with E-state index in [1.807, 2.05) is 5.57 Å². The highest BCUT2D eigenvalue weighted by Crippen LogP contribution is 2.65. The Morgan fingerprint density at radius 2 is 2.07 bits per heavy atom. The highest BCUT2D eigenvalue weighted by Gasteiger charge is 2.56. The fraction of sp³-hybridized carbons (Fsp3) is 0.857. The van der Waals surface area contributed by atoms with E-state index in [1.165, 1.54) is 31.6 Å². The summed E-state index contributed by atoms with van der Waals surface area (Å²) in [6.45, 7) is 4.71. The molecule has 0 heterocycles. The van der Waals surface area contributed by atoms with Gasteiger partial charge in [-0.2, -0.15) is 0 Å². The van der Waals surface area contributed by atoms with Crippen molar-refractivity contribution in [2.24, 2.45) is 23.7 Å². The van der Waals surface area contributed by atoms with E-state index in [2.05, 4.69) is 13.8 Å². The average Bonchev–Trinajstić information content (AvgIpc) is 2.92. The van der Waals surface area contributed by atoms with Crippen molar-refractivity contribution in [3.8, 4) is 0 Å². The summed E-state index contributed by atoms with van der Waals surface area (Å²) < 4.78 is 0. The van der Waals surface area contributed by atoms with Gasteiger partial charge in [0.15, 0.2) is 0 Å². The van der Waals surface area contributed by atoms with E-state index in [1.54, 1.807) is 18.4 Å². The van der Waals surface area contributed by atoms with Crippen LogP contribution in [0.5, 0.6) is 0 Å². The second-order valence-electron chi connectivity index (χ2n) is 5.76. The van der Waals surface area contributed by atoms with E-state index in [9.17, 15) is 0 Å². The van der Waals surface area contributed by atoms with Crippen molar-refractivity contribution in [2.45, 2.75) is 52.4 Å². The molecule has 0 nitrogen and oxygen atoms in total. The summed E-state index contributed by atoms with van der Waals surface area (Å²) in [4.78, 5) is 0. The highest BCUT2D eigenvalue weighted by molar-refractivity contribution is 5.25. The predicted molar refractivity (Wildman–Crippen MR) is 60.0 cm³/mol. The first-order valence-electron chi connectivity index (χ1n) is 6.49. The van der Waals surface area contributed by atoms with E-state index in [-0.39, 0.29) is 0 Å². The van der Waals surface area contributed by atoms with E-state index >= 15 is 0 Å². The van der Waals surface area contributed by atoms with E-state index in [0.29, 0.717) is 0 Å². The first-order chi connectivity index (χ1) is 6.81. The maximum atomic E-state index is 2.40. The lowest BCUT2D eigenvalue weighted by molar-refractivity contribution is 0.364. The number of hydrogen-bond donors (Lipinski definition) is 0. The van der Waals surface area contributed by atoms with Crippen molar-refractivity contribution in [1.82, 2.24) is 0 Å². The van der Waals surface area contributed by atoms with Gasteiger partial charge < -0.3 is 0 Å². The molecule has 14 heavy (non-hydrogen) atoms. The van der Waals surface area contributed by atoms with Crippen LogP contribution in [0.15, 0.2) is 11.1 Å². The molecule has 0 spiro atoms. The molecule has 0 heteroatoms. The van der Waals surface area contributed by atoms with Gasteiger partial charge in [0.25, 0.3) is 0 Å². The third kappa shape index (κ3) is 1.19. The maximum Gasteiger partial charge on any atom is -0.0198 e. The molecule has 0 aromatic heterocycles. The Morgan fingerprint density at radius 3 is 2.86 bits per heavy atom. The predicted octanol–water partition coefficient (Wildman–Crippen LogP) is 4.17. The van der Waals surface area contributed by atoms with Crippen LogP contribution in [-0.4, -0.2) is 0 Å². The SMILES string of the molecule is CCC/C(C)=C1/CC2C3CC[C@H]1CC32. The Labute approximate surface area is 87.8 Å². The molecule has 3 saturated carbocycles. The van der Waals surface area contributed by atoms with Crippen LogP contribution >= 0.6 is 0 Å². The molecule has 0 aromatic carbocycles. The monoisotopic (exact) mass is 190 g/mol. The molecule has 0 aliphatic heterocycles. The standard InChI is InChI=1S/C14H22/c1-3-4-9(2)12-8-14-11-6-5-10(12)7-13(11)14/h10-11,13-14H,3-8H2,1-2H3/b12-9-/t10-,11?,13?,14?/m0/s1. The Balaban J connectivity index is 1.84. The molecular weight excluding hydrogens is 168 g/mol. The zero-order chi connectivity index (χ0) is 9.71. The Bertz CT molecular complexity index is 270. The third-order valence-electron chi connectivity index (χ3n) is 5.04. The summed E-state index contributed by atoms with van der Waals surface area (Å²) >= 11 is 0. The van der Waals surface area contributed by atoms with Crippen molar-refractivity contribution >= 4 is 0 Å². The first kappa shape index (κ1) is 9.00. The maximum absolute atomic E-state index is 2.40. The zero-order valence-electron chi connectivity index (χ0n) is 9.55. The van der Waals surface area contributed by atoms with E-state index in [0.717, 1.165) is 17.8 Å². The van der Waals surface area contributed by atoms with Gasteiger partial charge in [0.2, 0.25) is 0 Å². The fourth-order valence-corrected chi connectivity index (χ4v) is 4.24. The molecule has 3 rings (SSSR count). The van der Waals surface area contributed by atoms with Crippen LogP contribution in [0, 0.1) is 23.7 Å². The van der Waals surface area contributed by atoms with Gasteiger partial charge in [-0.05, 0) is 62.7 Å². The first-order valence-corrected chi connectivity index (χ1v) is 6.49. The van der Waals surface area contributed by atoms with Gasteiger partial charge in [0, 0.05) is 0 Å². The minimum Gasteiger partial charge on any atom is -0.0738 e. The molecule has 0 aromatic rings. The summed E-state index contributed by atoms with van der Waals surface area (Å²) in [5, 5.41) is 0. The summed E-state index contributed by atoms with van der Waals surface area (Å²) in [7, 11) is 0. The fourth-order valence-electron chi connectivity index (χ4n) is 4.24. The van der Waals surface area contributed by atoms with Crippen LogP contribution in [0.2, 0.25) is 0 Å². The van der Waals surface area contributed by atoms with Crippen LogP contribution in [0.3, 0.4) is 0 Å². The Morgan fingerprint density at radius 1 is 1.21 bits per heavy atom. The summed E-state index contributed by atoms with van der Waals surface area (Å²) in [6, 6.07) is 0. The number of allylic oxidation sites excluding steroid dienone is 2. The minimum absolute atomic E-state index is 1.02. The summed E-state index contributed by atoms with van der Waals surface area (Å²) in [5.74, 6) is 4.49. The topological polar surface area (TPSA) is 0 Å². The van der Waals surface area contributed by atoms with Gasteiger partial charge in [0.05, 0.1) is 0 Å². The summed E-state index contributed by atoms with van der Waals surface area (Å²) in [5.41, 5.74) is 3.65. The highest BCUT2D eigenvalue weighted by atomic mass is 14.6. The second-order valence-corrected chi connectivity index (χ2v) is 5.76. The van der Waals surface area contributed by atoms with E-state index in [4.69, 9.17) is 0 Å². The molecule has 4 atom stereocenters. The molecule has 2 bridgehead atoms. The molecule has 3 aliphatic carbocycles. The Hall–Kier alpha value is -0.260. The van der Waals surface area contributed by atoms with Crippen molar-refractivity contribution in [1.29, 1.82) is 0 Å². The zero-order valence-corrected chi connectivity index (χ0v) is 9.55. The van der Waals surface area contributed by atoms with Crippen LogP contribution in [-0.2, 0) is 0 Å². The van der Waals surface area contributed by atoms with Gasteiger partial charge in [-0.25, -0.2) is 0 Å². The van der Waals surface area contributed by atoms with Crippen molar-refractivity contribution in [3.63, 3.8) is 0 Å². The van der Waals surface area contributed by atoms with Crippen molar-refractivity contribution in [3.05, 3.63) is 11.1 Å². The molecule has 3 fully saturated rings. The lowest BCUT2D eigenvalue weighted by atomic mass is 9.78. The molecule has 78 valence electrons. The molecule has 3 aliphatic rings. The van der Waals surface area contributed by atoms with Crippen LogP contribution < -0.4 is 0 Å². The minimum atomic E-state index is 1.02. The van der Waals surface area contributed by atoms with Crippen LogP contribution in [0.25, 0.3) is 0 Å². The van der Waals surface area contributed by atoms with Crippen molar-refractivity contribution in [2.75, 3.05) is 0 Å². The van der Waals surface area contributed by atoms with Crippen LogP contribution in [0.4, 0.5) is 0 Å². The van der Waals surface area contributed by atoms with Gasteiger partial charge in [-0.3, -0.25) is 0 Å². The molecular formula is C14H22. The molecule has 0 amide bonds. The quantitative estimate of drug-likeness (QED) is 0.573. The normalized spacial score (nSPS) is 47.6. The van der Waals surface area contributed by atoms with Crippen molar-refractivity contribution < 1.29 is 0 Å².